The zero-order valence-corrected chi connectivity index (χ0v) is 11.7. The normalized spacial score (nSPS) is 10.7. The first kappa shape index (κ1) is 13.3. The number of rotatable bonds is 3. The maximum Gasteiger partial charge on any atom is 0.335 e. The van der Waals surface area contributed by atoms with Crippen LogP contribution in [0.3, 0.4) is 0 Å². The molecule has 3 nitrogen and oxygen atoms in total. The number of carboxylic acids is 1. The Kier molecular flexibility index (Phi) is 3.40. The summed E-state index contributed by atoms with van der Waals surface area (Å²) >= 11 is 0. The number of hydrogen-bond donors (Lipinski definition) is 1. The molecule has 0 bridgehead atoms. The summed E-state index contributed by atoms with van der Waals surface area (Å²) in [6, 6.07) is 17.5. The summed E-state index contributed by atoms with van der Waals surface area (Å²) in [4.78, 5) is 15.8. The van der Waals surface area contributed by atoms with Crippen LogP contribution < -0.4 is 0 Å². The maximum atomic E-state index is 11.2. The summed E-state index contributed by atoms with van der Waals surface area (Å²) in [6.45, 7) is 1.81. The molecule has 0 radical (unpaired) electrons. The first-order valence-corrected chi connectivity index (χ1v) is 6.81. The first-order valence-electron chi connectivity index (χ1n) is 6.81. The maximum absolute atomic E-state index is 11.2. The SMILES string of the molecule is Cc1ccc(Cc2ccc3ccccc3n2)cc1C(=O)O. The number of nitrogens with zero attached hydrogens (tertiary/aromatic N) is 1. The van der Waals surface area contributed by atoms with Gasteiger partial charge in [-0.1, -0.05) is 36.4 Å². The fraction of sp³-hybridized carbons (Fsp3) is 0.111. The van der Waals surface area contributed by atoms with E-state index in [0.29, 0.717) is 12.0 Å². The van der Waals surface area contributed by atoms with Gasteiger partial charge in [-0.15, -0.1) is 0 Å². The van der Waals surface area contributed by atoms with Gasteiger partial charge in [0.15, 0.2) is 0 Å². The van der Waals surface area contributed by atoms with Gasteiger partial charge in [-0.2, -0.15) is 0 Å². The average Bonchev–Trinajstić information content (AvgIpc) is 2.49. The van der Waals surface area contributed by atoms with Gasteiger partial charge in [0.1, 0.15) is 0 Å². The minimum absolute atomic E-state index is 0.355. The number of pyridine rings is 1. The van der Waals surface area contributed by atoms with Crippen molar-refractivity contribution in [2.75, 3.05) is 0 Å². The Balaban J connectivity index is 1.94. The van der Waals surface area contributed by atoms with Gasteiger partial charge in [0, 0.05) is 17.5 Å². The summed E-state index contributed by atoms with van der Waals surface area (Å²) in [6.07, 6.45) is 0.630. The number of hydrogen-bond acceptors (Lipinski definition) is 2. The molecule has 2 aromatic carbocycles. The lowest BCUT2D eigenvalue weighted by atomic mass is 10.0. The molecular weight excluding hydrogens is 262 g/mol. The molecule has 0 aliphatic heterocycles. The Labute approximate surface area is 122 Å². The molecule has 104 valence electrons. The quantitative estimate of drug-likeness (QED) is 0.791. The Morgan fingerprint density at radius 3 is 2.71 bits per heavy atom. The zero-order chi connectivity index (χ0) is 14.8. The second kappa shape index (κ2) is 5.37. The van der Waals surface area contributed by atoms with E-state index in [1.165, 1.54) is 0 Å². The molecule has 1 heterocycles. The minimum atomic E-state index is -0.888. The van der Waals surface area contributed by atoms with Crippen molar-refractivity contribution >= 4 is 16.9 Å². The molecule has 3 heteroatoms. The highest BCUT2D eigenvalue weighted by Crippen LogP contribution is 2.17. The second-order valence-corrected chi connectivity index (χ2v) is 5.13. The highest BCUT2D eigenvalue weighted by molar-refractivity contribution is 5.89. The van der Waals surface area contributed by atoms with E-state index in [9.17, 15) is 9.90 Å². The van der Waals surface area contributed by atoms with Crippen LogP contribution in [0.1, 0.15) is 27.2 Å². The van der Waals surface area contributed by atoms with Crippen LogP contribution in [0.5, 0.6) is 0 Å². The van der Waals surface area contributed by atoms with Crippen LogP contribution in [0.15, 0.2) is 54.6 Å². The van der Waals surface area contributed by atoms with Crippen molar-refractivity contribution in [1.29, 1.82) is 0 Å². The first-order chi connectivity index (χ1) is 10.1. The molecule has 0 unspecified atom stereocenters. The van der Waals surface area contributed by atoms with Crippen LogP contribution in [-0.4, -0.2) is 16.1 Å². The van der Waals surface area contributed by atoms with Crippen LogP contribution in [0, 0.1) is 6.92 Å². The van der Waals surface area contributed by atoms with E-state index in [2.05, 4.69) is 4.98 Å². The topological polar surface area (TPSA) is 50.2 Å². The molecule has 0 fully saturated rings. The number of benzene rings is 2. The van der Waals surface area contributed by atoms with Crippen LogP contribution in [0.25, 0.3) is 10.9 Å². The van der Waals surface area contributed by atoms with E-state index in [0.717, 1.165) is 27.7 Å². The molecule has 0 spiro atoms. The summed E-state index contributed by atoms with van der Waals surface area (Å²) in [5.74, 6) is -0.888. The second-order valence-electron chi connectivity index (χ2n) is 5.13. The predicted molar refractivity (Wildman–Crippen MR) is 82.7 cm³/mol. The highest BCUT2D eigenvalue weighted by atomic mass is 16.4. The Bertz CT molecular complexity index is 824. The molecule has 0 atom stereocenters. The molecule has 3 aromatic rings. The number of carboxylic acid groups (broad SMARTS) is 1. The number of fused-ring (bicyclic) bond motifs is 1. The Morgan fingerprint density at radius 1 is 1.10 bits per heavy atom. The van der Waals surface area contributed by atoms with Crippen molar-refractivity contribution in [2.45, 2.75) is 13.3 Å². The standard InChI is InChI=1S/C18H15NO2/c1-12-6-7-13(11-16(12)18(20)21)10-15-9-8-14-4-2-3-5-17(14)19-15/h2-9,11H,10H2,1H3,(H,20,21). The zero-order valence-electron chi connectivity index (χ0n) is 11.7. The van der Waals surface area contributed by atoms with Crippen molar-refractivity contribution < 1.29 is 9.90 Å². The molecule has 0 aliphatic rings. The number of carbonyl (C=O) groups is 1. The van der Waals surface area contributed by atoms with Crippen molar-refractivity contribution in [3.05, 3.63) is 77.0 Å². The van der Waals surface area contributed by atoms with Crippen LogP contribution in [-0.2, 0) is 6.42 Å². The van der Waals surface area contributed by atoms with Gasteiger partial charge >= 0.3 is 5.97 Å². The van der Waals surface area contributed by atoms with Gasteiger partial charge in [-0.05, 0) is 36.2 Å². The van der Waals surface area contributed by atoms with E-state index in [1.54, 1.807) is 6.07 Å². The predicted octanol–water partition coefficient (Wildman–Crippen LogP) is 3.83. The fourth-order valence-electron chi connectivity index (χ4n) is 2.43. The molecule has 1 N–H and O–H groups in total. The number of aryl methyl sites for hydroxylation is 1. The van der Waals surface area contributed by atoms with Gasteiger partial charge < -0.3 is 5.11 Å². The van der Waals surface area contributed by atoms with E-state index in [-0.39, 0.29) is 0 Å². The lowest BCUT2D eigenvalue weighted by Gasteiger charge is -2.06. The third-order valence-electron chi connectivity index (χ3n) is 3.57. The van der Waals surface area contributed by atoms with Crippen molar-refractivity contribution in [3.63, 3.8) is 0 Å². The molecule has 0 saturated heterocycles. The molecular formula is C18H15NO2. The molecule has 0 aliphatic carbocycles. The van der Waals surface area contributed by atoms with E-state index < -0.39 is 5.97 Å². The molecule has 0 saturated carbocycles. The van der Waals surface area contributed by atoms with Crippen LogP contribution in [0.4, 0.5) is 0 Å². The minimum Gasteiger partial charge on any atom is -0.478 e. The van der Waals surface area contributed by atoms with Gasteiger partial charge in [-0.25, -0.2) is 4.79 Å². The highest BCUT2D eigenvalue weighted by Gasteiger charge is 2.08. The smallest absolute Gasteiger partial charge is 0.335 e. The number of aromatic carboxylic acids is 1. The lowest BCUT2D eigenvalue weighted by Crippen LogP contribution is -2.02. The molecule has 0 amide bonds. The third-order valence-corrected chi connectivity index (χ3v) is 3.57. The molecule has 1 aromatic heterocycles. The molecule has 21 heavy (non-hydrogen) atoms. The van der Waals surface area contributed by atoms with Crippen molar-refractivity contribution in [1.82, 2.24) is 4.98 Å². The van der Waals surface area contributed by atoms with Gasteiger partial charge in [0.25, 0.3) is 0 Å². The van der Waals surface area contributed by atoms with E-state index in [4.69, 9.17) is 0 Å². The number of aromatic nitrogens is 1. The summed E-state index contributed by atoms with van der Waals surface area (Å²) in [5.41, 5.74) is 3.99. The van der Waals surface area contributed by atoms with Gasteiger partial charge in [-0.3, -0.25) is 4.98 Å². The van der Waals surface area contributed by atoms with Crippen molar-refractivity contribution in [3.8, 4) is 0 Å². The van der Waals surface area contributed by atoms with Crippen LogP contribution in [0.2, 0.25) is 0 Å². The van der Waals surface area contributed by atoms with E-state index >= 15 is 0 Å². The monoisotopic (exact) mass is 277 g/mol. The molecule has 3 rings (SSSR count). The van der Waals surface area contributed by atoms with E-state index in [1.807, 2.05) is 55.5 Å². The summed E-state index contributed by atoms with van der Waals surface area (Å²) in [5, 5.41) is 10.3. The average molecular weight is 277 g/mol. The summed E-state index contributed by atoms with van der Waals surface area (Å²) in [7, 11) is 0. The third kappa shape index (κ3) is 2.77. The van der Waals surface area contributed by atoms with Gasteiger partial charge in [0.2, 0.25) is 0 Å². The fourth-order valence-corrected chi connectivity index (χ4v) is 2.43. The van der Waals surface area contributed by atoms with Gasteiger partial charge in [0.05, 0.1) is 11.1 Å². The summed E-state index contributed by atoms with van der Waals surface area (Å²) < 4.78 is 0. The number of para-hydroxylation sites is 1. The Morgan fingerprint density at radius 2 is 1.90 bits per heavy atom. The van der Waals surface area contributed by atoms with Crippen molar-refractivity contribution in [2.24, 2.45) is 0 Å². The largest absolute Gasteiger partial charge is 0.478 e. The Hall–Kier alpha value is -2.68. The lowest BCUT2D eigenvalue weighted by molar-refractivity contribution is 0.0696. The van der Waals surface area contributed by atoms with Crippen LogP contribution >= 0.6 is 0 Å².